The molecule has 2 heteroatoms. The summed E-state index contributed by atoms with van der Waals surface area (Å²) in [7, 11) is 0. The second kappa shape index (κ2) is 6.15. The molecule has 21 heavy (non-hydrogen) atoms. The Hall–Kier alpha value is -1.41. The standard InChI is InChI=1S/C19H25NO/c1-2-6-15-7-5-11-19(21,12-10-15)18-14-20-13-16-8-3-4-9-17(16)18/h3-4,8-9,13-15,21H,2,5-7,10-12H2,1H3. The molecule has 1 N–H and O–H groups in total. The quantitative estimate of drug-likeness (QED) is 0.821. The first-order valence-electron chi connectivity index (χ1n) is 8.28. The number of aliphatic hydroxyl groups is 1. The Labute approximate surface area is 127 Å². The lowest BCUT2D eigenvalue weighted by Crippen LogP contribution is -2.25. The highest BCUT2D eigenvalue weighted by molar-refractivity contribution is 5.85. The molecule has 1 aromatic carbocycles. The Bertz CT molecular complexity index is 604. The van der Waals surface area contributed by atoms with Crippen molar-refractivity contribution in [2.45, 2.75) is 57.5 Å². The van der Waals surface area contributed by atoms with Gasteiger partial charge in [0.2, 0.25) is 0 Å². The molecule has 1 aliphatic carbocycles. The van der Waals surface area contributed by atoms with Gasteiger partial charge in [0.15, 0.2) is 0 Å². The van der Waals surface area contributed by atoms with Crippen LogP contribution in [-0.2, 0) is 5.60 Å². The first-order chi connectivity index (χ1) is 10.2. The van der Waals surface area contributed by atoms with E-state index >= 15 is 0 Å². The van der Waals surface area contributed by atoms with Gasteiger partial charge in [0, 0.05) is 23.3 Å². The maximum absolute atomic E-state index is 11.3. The van der Waals surface area contributed by atoms with E-state index in [9.17, 15) is 5.11 Å². The average Bonchev–Trinajstić information content (AvgIpc) is 2.70. The van der Waals surface area contributed by atoms with Gasteiger partial charge < -0.3 is 5.11 Å². The largest absolute Gasteiger partial charge is 0.385 e. The first kappa shape index (κ1) is 14.5. The fraction of sp³-hybridized carbons (Fsp3) is 0.526. The molecular weight excluding hydrogens is 258 g/mol. The van der Waals surface area contributed by atoms with Crippen LogP contribution in [0.4, 0.5) is 0 Å². The number of fused-ring (bicyclic) bond motifs is 1. The summed E-state index contributed by atoms with van der Waals surface area (Å²) >= 11 is 0. The van der Waals surface area contributed by atoms with Gasteiger partial charge >= 0.3 is 0 Å². The van der Waals surface area contributed by atoms with Crippen LogP contribution in [0.5, 0.6) is 0 Å². The number of aromatic nitrogens is 1. The molecule has 0 amide bonds. The maximum atomic E-state index is 11.3. The molecule has 0 saturated heterocycles. The molecular formula is C19H25NO. The summed E-state index contributed by atoms with van der Waals surface area (Å²) in [5.74, 6) is 0.784. The molecule has 2 nitrogen and oxygen atoms in total. The summed E-state index contributed by atoms with van der Waals surface area (Å²) in [5, 5.41) is 13.5. The second-order valence-electron chi connectivity index (χ2n) is 6.53. The van der Waals surface area contributed by atoms with Crippen LogP contribution in [0.15, 0.2) is 36.7 Å². The first-order valence-corrected chi connectivity index (χ1v) is 8.28. The molecule has 0 spiro atoms. The topological polar surface area (TPSA) is 33.1 Å². The molecule has 0 bridgehead atoms. The summed E-state index contributed by atoms with van der Waals surface area (Å²) in [6.45, 7) is 2.26. The van der Waals surface area contributed by atoms with E-state index in [0.717, 1.165) is 47.9 Å². The van der Waals surface area contributed by atoms with Crippen molar-refractivity contribution < 1.29 is 5.11 Å². The summed E-state index contributed by atoms with van der Waals surface area (Å²) < 4.78 is 0. The predicted molar refractivity (Wildman–Crippen MR) is 87.1 cm³/mol. The molecule has 1 aromatic heterocycles. The van der Waals surface area contributed by atoms with E-state index in [1.165, 1.54) is 19.3 Å². The van der Waals surface area contributed by atoms with Crippen LogP contribution in [0, 0.1) is 5.92 Å². The van der Waals surface area contributed by atoms with Gasteiger partial charge in [-0.1, -0.05) is 50.5 Å². The predicted octanol–water partition coefficient (Wildman–Crippen LogP) is 4.80. The van der Waals surface area contributed by atoms with Crippen molar-refractivity contribution in [3.05, 3.63) is 42.2 Å². The third kappa shape index (κ3) is 2.96. The highest BCUT2D eigenvalue weighted by Gasteiger charge is 2.33. The third-order valence-electron chi connectivity index (χ3n) is 5.04. The van der Waals surface area contributed by atoms with Gasteiger partial charge in [-0.2, -0.15) is 0 Å². The van der Waals surface area contributed by atoms with Crippen molar-refractivity contribution in [1.82, 2.24) is 4.98 Å². The highest BCUT2D eigenvalue weighted by atomic mass is 16.3. The Morgan fingerprint density at radius 3 is 2.90 bits per heavy atom. The Morgan fingerprint density at radius 1 is 1.19 bits per heavy atom. The normalized spacial score (nSPS) is 26.7. The molecule has 2 atom stereocenters. The lowest BCUT2D eigenvalue weighted by Gasteiger charge is -2.28. The van der Waals surface area contributed by atoms with E-state index < -0.39 is 5.60 Å². The summed E-state index contributed by atoms with van der Waals surface area (Å²) in [6, 6.07) is 8.26. The van der Waals surface area contributed by atoms with Crippen LogP contribution in [-0.4, -0.2) is 10.1 Å². The van der Waals surface area contributed by atoms with Gasteiger partial charge in [0.1, 0.15) is 0 Å². The number of hydrogen-bond donors (Lipinski definition) is 1. The fourth-order valence-corrected chi connectivity index (χ4v) is 3.85. The van der Waals surface area contributed by atoms with Crippen LogP contribution >= 0.6 is 0 Å². The van der Waals surface area contributed by atoms with Crippen molar-refractivity contribution in [2.75, 3.05) is 0 Å². The summed E-state index contributed by atoms with van der Waals surface area (Å²) in [5.41, 5.74) is 0.328. The monoisotopic (exact) mass is 283 g/mol. The van der Waals surface area contributed by atoms with E-state index in [-0.39, 0.29) is 0 Å². The third-order valence-corrected chi connectivity index (χ3v) is 5.04. The van der Waals surface area contributed by atoms with Gasteiger partial charge in [0.25, 0.3) is 0 Å². The SMILES string of the molecule is CCCC1CCCC(O)(c2cncc3ccccc23)CC1. The number of rotatable bonds is 3. The van der Waals surface area contributed by atoms with Crippen LogP contribution in [0.1, 0.15) is 57.4 Å². The summed E-state index contributed by atoms with van der Waals surface area (Å²) in [4.78, 5) is 4.36. The Balaban J connectivity index is 1.93. The molecule has 1 saturated carbocycles. The van der Waals surface area contributed by atoms with Crippen LogP contribution in [0.25, 0.3) is 10.8 Å². The van der Waals surface area contributed by atoms with E-state index in [4.69, 9.17) is 0 Å². The van der Waals surface area contributed by atoms with Crippen molar-refractivity contribution in [3.63, 3.8) is 0 Å². The highest BCUT2D eigenvalue weighted by Crippen LogP contribution is 2.41. The van der Waals surface area contributed by atoms with Gasteiger partial charge in [-0.25, -0.2) is 0 Å². The van der Waals surface area contributed by atoms with Gasteiger partial charge in [-0.15, -0.1) is 0 Å². The fourth-order valence-electron chi connectivity index (χ4n) is 3.85. The molecule has 1 heterocycles. The van der Waals surface area contributed by atoms with Crippen molar-refractivity contribution >= 4 is 10.8 Å². The zero-order chi connectivity index (χ0) is 14.7. The maximum Gasteiger partial charge on any atom is 0.0917 e. The minimum Gasteiger partial charge on any atom is -0.385 e. The molecule has 1 fully saturated rings. The van der Waals surface area contributed by atoms with Crippen LogP contribution in [0.3, 0.4) is 0 Å². The van der Waals surface area contributed by atoms with Crippen molar-refractivity contribution in [2.24, 2.45) is 5.92 Å². The van der Waals surface area contributed by atoms with E-state index in [2.05, 4.69) is 24.0 Å². The smallest absolute Gasteiger partial charge is 0.0917 e. The molecule has 2 aromatic rings. The number of benzene rings is 1. The molecule has 3 rings (SSSR count). The lowest BCUT2D eigenvalue weighted by molar-refractivity contribution is 0.0207. The minimum atomic E-state index is -0.698. The average molecular weight is 283 g/mol. The molecule has 1 aliphatic rings. The Morgan fingerprint density at radius 2 is 2.05 bits per heavy atom. The zero-order valence-corrected chi connectivity index (χ0v) is 12.9. The van der Waals surface area contributed by atoms with Gasteiger partial charge in [-0.05, 0) is 37.0 Å². The zero-order valence-electron chi connectivity index (χ0n) is 12.9. The van der Waals surface area contributed by atoms with E-state index in [1.54, 1.807) is 0 Å². The Kier molecular flexibility index (Phi) is 4.25. The van der Waals surface area contributed by atoms with Gasteiger partial charge in [0.05, 0.1) is 5.60 Å². The molecule has 0 radical (unpaired) electrons. The van der Waals surface area contributed by atoms with Crippen LogP contribution < -0.4 is 0 Å². The molecule has 2 unspecified atom stereocenters. The molecule has 112 valence electrons. The number of pyridine rings is 1. The number of hydrogen-bond acceptors (Lipinski definition) is 2. The van der Waals surface area contributed by atoms with Crippen molar-refractivity contribution in [1.29, 1.82) is 0 Å². The van der Waals surface area contributed by atoms with E-state index in [1.807, 2.05) is 24.5 Å². The van der Waals surface area contributed by atoms with Crippen LogP contribution in [0.2, 0.25) is 0 Å². The number of nitrogens with zero attached hydrogens (tertiary/aromatic N) is 1. The van der Waals surface area contributed by atoms with Crippen molar-refractivity contribution in [3.8, 4) is 0 Å². The summed E-state index contributed by atoms with van der Waals surface area (Å²) in [6.07, 6.45) is 11.5. The lowest BCUT2D eigenvalue weighted by atomic mass is 9.84. The van der Waals surface area contributed by atoms with E-state index in [0.29, 0.717) is 0 Å². The second-order valence-corrected chi connectivity index (χ2v) is 6.53. The van der Waals surface area contributed by atoms with Gasteiger partial charge in [-0.3, -0.25) is 4.98 Å². The minimum absolute atomic E-state index is 0.698. The molecule has 0 aliphatic heterocycles.